The number of amides is 1. The number of aromatic hydroxyl groups is 1. The fourth-order valence-corrected chi connectivity index (χ4v) is 3.89. The van der Waals surface area contributed by atoms with Crippen LogP contribution in [-0.2, 0) is 6.54 Å². The second-order valence-corrected chi connectivity index (χ2v) is 7.39. The highest BCUT2D eigenvalue weighted by atomic mass is 16.3. The molecule has 5 nitrogen and oxygen atoms in total. The van der Waals surface area contributed by atoms with Crippen LogP contribution >= 0.6 is 0 Å². The SMILES string of the molecule is O=C(c1cccc(-c2ccccc2O)c1)N1CCC(CCn2cccn2)CC1. The Morgan fingerprint density at radius 3 is 2.64 bits per heavy atom. The maximum absolute atomic E-state index is 13.0. The molecule has 0 saturated carbocycles. The van der Waals surface area contributed by atoms with Gasteiger partial charge in [0.05, 0.1) is 0 Å². The van der Waals surface area contributed by atoms with E-state index in [1.165, 1.54) is 0 Å². The molecule has 0 radical (unpaired) electrons. The van der Waals surface area contributed by atoms with Gasteiger partial charge in [0.15, 0.2) is 0 Å². The van der Waals surface area contributed by atoms with Crippen molar-refractivity contribution in [2.45, 2.75) is 25.8 Å². The molecule has 28 heavy (non-hydrogen) atoms. The second-order valence-electron chi connectivity index (χ2n) is 7.39. The third-order valence-corrected chi connectivity index (χ3v) is 5.55. The summed E-state index contributed by atoms with van der Waals surface area (Å²) in [6, 6.07) is 16.7. The smallest absolute Gasteiger partial charge is 0.253 e. The maximum atomic E-state index is 13.0. The van der Waals surface area contributed by atoms with Gasteiger partial charge in [0.2, 0.25) is 0 Å². The number of nitrogens with zero attached hydrogens (tertiary/aromatic N) is 3. The van der Waals surface area contributed by atoms with E-state index >= 15 is 0 Å². The lowest BCUT2D eigenvalue weighted by molar-refractivity contribution is 0.0684. The molecule has 2 aromatic carbocycles. The van der Waals surface area contributed by atoms with Crippen LogP contribution in [0.15, 0.2) is 67.0 Å². The first kappa shape index (κ1) is 18.3. The molecular weight excluding hydrogens is 350 g/mol. The van der Waals surface area contributed by atoms with Crippen molar-refractivity contribution in [1.29, 1.82) is 0 Å². The van der Waals surface area contributed by atoms with Crippen LogP contribution in [0.5, 0.6) is 5.75 Å². The summed E-state index contributed by atoms with van der Waals surface area (Å²) in [5.74, 6) is 0.939. The Balaban J connectivity index is 1.38. The predicted molar refractivity (Wildman–Crippen MR) is 109 cm³/mol. The molecule has 1 saturated heterocycles. The molecule has 5 heteroatoms. The average molecular weight is 375 g/mol. The van der Waals surface area contributed by atoms with Crippen molar-refractivity contribution in [2.24, 2.45) is 5.92 Å². The minimum absolute atomic E-state index is 0.0720. The van der Waals surface area contributed by atoms with Crippen LogP contribution in [0.3, 0.4) is 0 Å². The van der Waals surface area contributed by atoms with Gasteiger partial charge in [-0.2, -0.15) is 5.10 Å². The number of rotatable bonds is 5. The summed E-state index contributed by atoms with van der Waals surface area (Å²) in [6.07, 6.45) is 6.98. The molecule has 1 aliphatic heterocycles. The maximum Gasteiger partial charge on any atom is 0.253 e. The monoisotopic (exact) mass is 375 g/mol. The summed E-state index contributed by atoms with van der Waals surface area (Å²) in [6.45, 7) is 2.53. The Bertz CT molecular complexity index is 929. The number of benzene rings is 2. The number of piperidine rings is 1. The van der Waals surface area contributed by atoms with E-state index in [9.17, 15) is 9.90 Å². The quantitative estimate of drug-likeness (QED) is 0.727. The molecule has 0 bridgehead atoms. The van der Waals surface area contributed by atoms with E-state index in [1.54, 1.807) is 12.1 Å². The number of carbonyl (C=O) groups excluding carboxylic acids is 1. The van der Waals surface area contributed by atoms with Gasteiger partial charge in [-0.05, 0) is 55.0 Å². The normalized spacial score (nSPS) is 14.9. The third-order valence-electron chi connectivity index (χ3n) is 5.55. The zero-order valence-electron chi connectivity index (χ0n) is 15.9. The Labute approximate surface area is 165 Å². The molecule has 0 unspecified atom stereocenters. The summed E-state index contributed by atoms with van der Waals surface area (Å²) >= 11 is 0. The highest BCUT2D eigenvalue weighted by molar-refractivity contribution is 5.95. The number of para-hydroxylation sites is 1. The van der Waals surface area contributed by atoms with Gasteiger partial charge in [-0.25, -0.2) is 0 Å². The molecule has 1 aromatic heterocycles. The Hall–Kier alpha value is -3.08. The lowest BCUT2D eigenvalue weighted by Crippen LogP contribution is -2.38. The number of aryl methyl sites for hydroxylation is 1. The van der Waals surface area contributed by atoms with Crippen molar-refractivity contribution in [1.82, 2.24) is 14.7 Å². The van der Waals surface area contributed by atoms with Gasteiger partial charge in [-0.15, -0.1) is 0 Å². The van der Waals surface area contributed by atoms with Crippen molar-refractivity contribution >= 4 is 5.91 Å². The first-order valence-electron chi connectivity index (χ1n) is 9.86. The summed E-state index contributed by atoms with van der Waals surface area (Å²) in [7, 11) is 0. The number of carbonyl (C=O) groups is 1. The first-order valence-corrected chi connectivity index (χ1v) is 9.86. The molecule has 3 aromatic rings. The zero-order chi connectivity index (χ0) is 19.3. The summed E-state index contributed by atoms with van der Waals surface area (Å²) in [4.78, 5) is 14.9. The molecule has 1 aliphatic rings. The number of likely N-dealkylation sites (tertiary alicyclic amines) is 1. The molecule has 2 heterocycles. The van der Waals surface area contributed by atoms with Crippen LogP contribution in [-0.4, -0.2) is 38.8 Å². The van der Waals surface area contributed by atoms with Crippen LogP contribution in [0.4, 0.5) is 0 Å². The van der Waals surface area contributed by atoms with Gasteiger partial charge in [0.1, 0.15) is 5.75 Å². The lowest BCUT2D eigenvalue weighted by atomic mass is 9.93. The molecule has 1 amide bonds. The van der Waals surface area contributed by atoms with E-state index in [4.69, 9.17) is 0 Å². The van der Waals surface area contributed by atoms with Crippen LogP contribution < -0.4 is 0 Å². The summed E-state index contributed by atoms with van der Waals surface area (Å²) in [5, 5.41) is 14.3. The van der Waals surface area contributed by atoms with E-state index in [1.807, 2.05) is 64.4 Å². The van der Waals surface area contributed by atoms with Crippen LogP contribution in [0.1, 0.15) is 29.6 Å². The highest BCUT2D eigenvalue weighted by Crippen LogP contribution is 2.30. The van der Waals surface area contributed by atoms with Crippen LogP contribution in [0, 0.1) is 5.92 Å². The molecule has 0 aliphatic carbocycles. The number of phenols is 1. The fourth-order valence-electron chi connectivity index (χ4n) is 3.89. The minimum atomic E-state index is 0.0720. The Morgan fingerprint density at radius 2 is 1.89 bits per heavy atom. The molecule has 144 valence electrons. The van der Waals surface area contributed by atoms with Crippen LogP contribution in [0.25, 0.3) is 11.1 Å². The van der Waals surface area contributed by atoms with E-state index in [-0.39, 0.29) is 11.7 Å². The largest absolute Gasteiger partial charge is 0.507 e. The number of aromatic nitrogens is 2. The van der Waals surface area contributed by atoms with Crippen molar-refractivity contribution in [2.75, 3.05) is 13.1 Å². The number of hydrogen-bond acceptors (Lipinski definition) is 3. The van der Waals surface area contributed by atoms with Crippen molar-refractivity contribution in [3.63, 3.8) is 0 Å². The number of hydrogen-bond donors (Lipinski definition) is 1. The van der Waals surface area contributed by atoms with Crippen LogP contribution in [0.2, 0.25) is 0 Å². The zero-order valence-corrected chi connectivity index (χ0v) is 15.9. The van der Waals surface area contributed by atoms with Gasteiger partial charge in [-0.1, -0.05) is 30.3 Å². The van der Waals surface area contributed by atoms with Gasteiger partial charge in [0, 0.05) is 43.2 Å². The fraction of sp³-hybridized carbons (Fsp3) is 0.304. The van der Waals surface area contributed by atoms with Gasteiger partial charge >= 0.3 is 0 Å². The molecular formula is C23H25N3O2. The summed E-state index contributed by atoms with van der Waals surface area (Å²) in [5.41, 5.74) is 2.28. The highest BCUT2D eigenvalue weighted by Gasteiger charge is 2.24. The topological polar surface area (TPSA) is 58.4 Å². The Kier molecular flexibility index (Phi) is 5.42. The third kappa shape index (κ3) is 4.09. The summed E-state index contributed by atoms with van der Waals surface area (Å²) < 4.78 is 1.97. The molecule has 4 rings (SSSR count). The minimum Gasteiger partial charge on any atom is -0.507 e. The van der Waals surface area contributed by atoms with E-state index in [0.717, 1.165) is 50.0 Å². The molecule has 1 fully saturated rings. The molecule has 0 spiro atoms. The molecule has 1 N–H and O–H groups in total. The van der Waals surface area contributed by atoms with Gasteiger partial charge < -0.3 is 10.0 Å². The van der Waals surface area contributed by atoms with Crippen molar-refractivity contribution in [3.8, 4) is 16.9 Å². The average Bonchev–Trinajstić information content (AvgIpc) is 3.26. The standard InChI is InChI=1S/C23H25N3O2/c27-22-8-2-1-7-21(22)19-5-3-6-20(17-19)23(28)25-14-9-18(10-15-25)11-16-26-13-4-12-24-26/h1-8,12-13,17-18,27H,9-11,14-16H2. The lowest BCUT2D eigenvalue weighted by Gasteiger charge is -2.32. The predicted octanol–water partition coefficient (Wildman–Crippen LogP) is 4.20. The van der Waals surface area contributed by atoms with Gasteiger partial charge in [-0.3, -0.25) is 9.48 Å². The Morgan fingerprint density at radius 1 is 1.07 bits per heavy atom. The van der Waals surface area contributed by atoms with E-state index in [2.05, 4.69) is 5.10 Å². The van der Waals surface area contributed by atoms with E-state index < -0.39 is 0 Å². The van der Waals surface area contributed by atoms with Crippen molar-refractivity contribution in [3.05, 3.63) is 72.6 Å². The molecule has 0 atom stereocenters. The van der Waals surface area contributed by atoms with Crippen molar-refractivity contribution < 1.29 is 9.90 Å². The second kappa shape index (κ2) is 8.30. The van der Waals surface area contributed by atoms with Gasteiger partial charge in [0.25, 0.3) is 5.91 Å². The first-order chi connectivity index (χ1) is 13.7. The number of phenolic OH excluding ortho intramolecular Hbond substituents is 1. The van der Waals surface area contributed by atoms with E-state index in [0.29, 0.717) is 11.5 Å².